The van der Waals surface area contributed by atoms with Crippen molar-refractivity contribution in [3.05, 3.63) is 35.4 Å². The van der Waals surface area contributed by atoms with Gasteiger partial charge in [-0.2, -0.15) is 5.26 Å². The molecular weight excluding hydrogens is 228 g/mol. The Bertz CT molecular complexity index is 382. The molecule has 0 fully saturated rings. The number of rotatable bonds is 3. The fraction of sp³-hybridized carbons (Fsp3) is 0.273. The lowest BCUT2D eigenvalue weighted by Crippen LogP contribution is -2.28. The van der Waals surface area contributed by atoms with E-state index in [0.717, 1.165) is 5.56 Å². The summed E-state index contributed by atoms with van der Waals surface area (Å²) in [5.41, 5.74) is 6.75. The van der Waals surface area contributed by atoms with Crippen molar-refractivity contribution in [1.82, 2.24) is 0 Å². The van der Waals surface area contributed by atoms with Crippen LogP contribution in [0.25, 0.3) is 0 Å². The molecule has 0 aliphatic rings. The van der Waals surface area contributed by atoms with E-state index in [-0.39, 0.29) is 19.0 Å². The van der Waals surface area contributed by atoms with Gasteiger partial charge in [0.05, 0.1) is 11.6 Å². The molecule has 16 heavy (non-hydrogen) atoms. The summed E-state index contributed by atoms with van der Waals surface area (Å²) in [6.45, 7) is 1.76. The molecule has 1 rings (SSSR count). The Morgan fingerprint density at radius 1 is 1.50 bits per heavy atom. The van der Waals surface area contributed by atoms with Crippen molar-refractivity contribution in [2.24, 2.45) is 5.73 Å². The molecule has 1 aromatic carbocycles. The molecule has 5 heteroatoms. The van der Waals surface area contributed by atoms with Crippen molar-refractivity contribution >= 4 is 18.4 Å². The van der Waals surface area contributed by atoms with Gasteiger partial charge in [-0.15, -0.1) is 12.4 Å². The average molecular weight is 241 g/mol. The molecule has 0 heterocycles. The number of hydrogen-bond donors (Lipinski definition) is 1. The molecule has 1 aromatic rings. The molecule has 0 spiro atoms. The molecule has 0 aromatic heterocycles. The van der Waals surface area contributed by atoms with Gasteiger partial charge < -0.3 is 10.5 Å². The average Bonchev–Trinajstić information content (AvgIpc) is 2.26. The highest BCUT2D eigenvalue weighted by molar-refractivity contribution is 5.85. The van der Waals surface area contributed by atoms with Crippen LogP contribution in [0.1, 0.15) is 18.1 Å². The van der Waals surface area contributed by atoms with E-state index in [1.54, 1.807) is 31.2 Å². The monoisotopic (exact) mass is 240 g/mol. The first kappa shape index (κ1) is 14.4. The number of carbonyl (C=O) groups excluding carboxylic acids is 1. The van der Waals surface area contributed by atoms with Gasteiger partial charge >= 0.3 is 5.97 Å². The lowest BCUT2D eigenvalue weighted by Gasteiger charge is -2.06. The third-order valence-corrected chi connectivity index (χ3v) is 1.84. The fourth-order valence-corrected chi connectivity index (χ4v) is 0.961. The van der Waals surface area contributed by atoms with E-state index in [1.807, 2.05) is 6.07 Å². The number of halogens is 1. The van der Waals surface area contributed by atoms with Crippen molar-refractivity contribution in [1.29, 1.82) is 5.26 Å². The zero-order chi connectivity index (χ0) is 11.3. The lowest BCUT2D eigenvalue weighted by atomic mass is 10.2. The van der Waals surface area contributed by atoms with Gasteiger partial charge in [0, 0.05) is 0 Å². The molecule has 4 nitrogen and oxygen atoms in total. The van der Waals surface area contributed by atoms with Gasteiger partial charge in [-0.1, -0.05) is 12.1 Å². The SMILES string of the molecule is C[C@H](N)C(=O)OCc1ccc(C#N)cc1.Cl. The van der Waals surface area contributed by atoms with Crippen LogP contribution in [0.3, 0.4) is 0 Å². The van der Waals surface area contributed by atoms with Crippen LogP contribution in [0, 0.1) is 11.3 Å². The summed E-state index contributed by atoms with van der Waals surface area (Å²) in [7, 11) is 0. The number of benzene rings is 1. The third kappa shape index (κ3) is 4.30. The highest BCUT2D eigenvalue weighted by Gasteiger charge is 2.08. The summed E-state index contributed by atoms with van der Waals surface area (Å²) in [4.78, 5) is 11.0. The second kappa shape index (κ2) is 6.83. The van der Waals surface area contributed by atoms with Gasteiger partial charge in [0.2, 0.25) is 0 Å². The standard InChI is InChI=1S/C11H12N2O2.ClH/c1-8(13)11(14)15-7-10-4-2-9(6-12)3-5-10;/h2-5,8H,7,13H2,1H3;1H/t8-;/m0./s1. The predicted octanol–water partition coefficient (Wildman–Crippen LogP) is 1.37. The molecule has 2 N–H and O–H groups in total. The molecule has 0 bridgehead atoms. The van der Waals surface area contributed by atoms with Crippen molar-refractivity contribution in [2.75, 3.05) is 0 Å². The Balaban J connectivity index is 0.00000225. The van der Waals surface area contributed by atoms with Gasteiger partial charge in [0.1, 0.15) is 12.6 Å². The maximum Gasteiger partial charge on any atom is 0.322 e. The molecule has 0 aliphatic carbocycles. The Kier molecular flexibility index (Phi) is 6.16. The molecular formula is C11H13ClN2O2. The largest absolute Gasteiger partial charge is 0.460 e. The molecule has 1 atom stereocenters. The summed E-state index contributed by atoms with van der Waals surface area (Å²) < 4.78 is 4.92. The third-order valence-electron chi connectivity index (χ3n) is 1.84. The van der Waals surface area contributed by atoms with E-state index in [9.17, 15) is 4.79 Å². The number of nitriles is 1. The van der Waals surface area contributed by atoms with Crippen LogP contribution in [0.4, 0.5) is 0 Å². The van der Waals surface area contributed by atoms with E-state index in [0.29, 0.717) is 5.56 Å². The summed E-state index contributed by atoms with van der Waals surface area (Å²) in [5.74, 6) is -0.431. The van der Waals surface area contributed by atoms with E-state index in [2.05, 4.69) is 0 Å². The second-order valence-electron chi connectivity index (χ2n) is 3.21. The Hall–Kier alpha value is -1.57. The Labute approximate surface area is 100 Å². The first-order chi connectivity index (χ1) is 7.13. The number of carbonyl (C=O) groups is 1. The van der Waals surface area contributed by atoms with Crippen molar-refractivity contribution in [3.63, 3.8) is 0 Å². The highest BCUT2D eigenvalue weighted by atomic mass is 35.5. The molecule has 0 unspecified atom stereocenters. The first-order valence-corrected chi connectivity index (χ1v) is 4.54. The summed E-state index contributed by atoms with van der Waals surface area (Å²) >= 11 is 0. The van der Waals surface area contributed by atoms with Crippen LogP contribution in [0.2, 0.25) is 0 Å². The van der Waals surface area contributed by atoms with Crippen LogP contribution < -0.4 is 5.73 Å². The number of hydrogen-bond acceptors (Lipinski definition) is 4. The normalized spacial score (nSPS) is 10.8. The van der Waals surface area contributed by atoms with Crippen LogP contribution in [-0.4, -0.2) is 12.0 Å². The fourth-order valence-electron chi connectivity index (χ4n) is 0.961. The van der Waals surface area contributed by atoms with Gasteiger partial charge in [0.15, 0.2) is 0 Å². The summed E-state index contributed by atoms with van der Waals surface area (Å²) in [6, 6.07) is 8.24. The molecule has 0 saturated heterocycles. The van der Waals surface area contributed by atoms with Gasteiger partial charge in [0.25, 0.3) is 0 Å². The Morgan fingerprint density at radius 3 is 2.50 bits per heavy atom. The molecule has 0 radical (unpaired) electrons. The highest BCUT2D eigenvalue weighted by Crippen LogP contribution is 2.05. The molecule has 86 valence electrons. The van der Waals surface area contributed by atoms with Crippen molar-refractivity contribution in [2.45, 2.75) is 19.6 Å². The summed E-state index contributed by atoms with van der Waals surface area (Å²) in [6.07, 6.45) is 0. The number of esters is 1. The van der Waals surface area contributed by atoms with Crippen molar-refractivity contribution in [3.8, 4) is 6.07 Å². The maximum atomic E-state index is 11.0. The zero-order valence-corrected chi connectivity index (χ0v) is 9.66. The molecule has 0 saturated carbocycles. The number of ether oxygens (including phenoxy) is 1. The van der Waals surface area contributed by atoms with Gasteiger partial charge in [-0.25, -0.2) is 0 Å². The maximum absolute atomic E-state index is 11.0. The smallest absolute Gasteiger partial charge is 0.322 e. The van der Waals surface area contributed by atoms with Gasteiger partial charge in [-0.3, -0.25) is 4.79 Å². The minimum absolute atomic E-state index is 0. The van der Waals surface area contributed by atoms with Gasteiger partial charge in [-0.05, 0) is 24.6 Å². The van der Waals surface area contributed by atoms with E-state index in [4.69, 9.17) is 15.7 Å². The van der Waals surface area contributed by atoms with E-state index >= 15 is 0 Å². The Morgan fingerprint density at radius 2 is 2.06 bits per heavy atom. The number of nitrogens with zero attached hydrogens (tertiary/aromatic N) is 1. The predicted molar refractivity (Wildman–Crippen MR) is 61.9 cm³/mol. The zero-order valence-electron chi connectivity index (χ0n) is 8.84. The first-order valence-electron chi connectivity index (χ1n) is 4.54. The second-order valence-corrected chi connectivity index (χ2v) is 3.21. The van der Waals surface area contributed by atoms with E-state index in [1.165, 1.54) is 0 Å². The lowest BCUT2D eigenvalue weighted by molar-refractivity contribution is -0.146. The summed E-state index contributed by atoms with van der Waals surface area (Å²) in [5, 5.41) is 8.57. The molecule has 0 aliphatic heterocycles. The minimum atomic E-state index is -0.608. The van der Waals surface area contributed by atoms with Crippen molar-refractivity contribution < 1.29 is 9.53 Å². The van der Waals surface area contributed by atoms with Crippen LogP contribution in [-0.2, 0) is 16.1 Å². The van der Waals surface area contributed by atoms with Crippen LogP contribution in [0.5, 0.6) is 0 Å². The quantitative estimate of drug-likeness (QED) is 0.810. The number of nitrogens with two attached hydrogens (primary N) is 1. The minimum Gasteiger partial charge on any atom is -0.460 e. The molecule has 0 amide bonds. The van der Waals surface area contributed by atoms with E-state index < -0.39 is 12.0 Å². The topological polar surface area (TPSA) is 76.1 Å². The van der Waals surface area contributed by atoms with Crippen LogP contribution in [0.15, 0.2) is 24.3 Å². The van der Waals surface area contributed by atoms with Crippen LogP contribution >= 0.6 is 12.4 Å².